The zero-order chi connectivity index (χ0) is 16.9. The molecule has 1 aliphatic rings. The molecule has 24 heavy (non-hydrogen) atoms. The molecule has 3 rings (SSSR count). The Bertz CT molecular complexity index is 742. The maximum Gasteiger partial charge on any atom is 0.286 e. The van der Waals surface area contributed by atoms with Crippen LogP contribution in [0.5, 0.6) is 0 Å². The molecule has 8 heteroatoms. The molecule has 0 radical (unpaired) electrons. The molecule has 1 saturated carbocycles. The lowest BCUT2D eigenvalue weighted by atomic mass is 10.2. The predicted molar refractivity (Wildman–Crippen MR) is 90.5 cm³/mol. The fourth-order valence-electron chi connectivity index (χ4n) is 2.11. The minimum atomic E-state index is -0.309. The number of aromatic nitrogens is 2. The zero-order valence-corrected chi connectivity index (χ0v) is 14.1. The number of ether oxygens (including phenoxy) is 1. The van der Waals surface area contributed by atoms with Crippen molar-refractivity contribution in [2.24, 2.45) is 0 Å². The predicted octanol–water partition coefficient (Wildman–Crippen LogP) is 2.04. The van der Waals surface area contributed by atoms with Gasteiger partial charge < -0.3 is 15.4 Å². The molecule has 0 spiro atoms. The Morgan fingerprint density at radius 3 is 2.88 bits per heavy atom. The quantitative estimate of drug-likeness (QED) is 0.749. The maximum absolute atomic E-state index is 12.2. The Morgan fingerprint density at radius 1 is 1.29 bits per heavy atom. The van der Waals surface area contributed by atoms with Gasteiger partial charge in [0.25, 0.3) is 11.8 Å². The van der Waals surface area contributed by atoms with E-state index in [1.54, 1.807) is 31.4 Å². The van der Waals surface area contributed by atoms with Crippen LogP contribution in [0.25, 0.3) is 0 Å². The number of amides is 2. The van der Waals surface area contributed by atoms with E-state index in [2.05, 4.69) is 20.8 Å². The number of nitrogens with zero attached hydrogens (tertiary/aromatic N) is 2. The van der Waals surface area contributed by atoms with Crippen LogP contribution >= 0.6 is 11.3 Å². The van der Waals surface area contributed by atoms with Gasteiger partial charge in [0, 0.05) is 30.8 Å². The average molecular weight is 346 g/mol. The summed E-state index contributed by atoms with van der Waals surface area (Å²) in [4.78, 5) is 24.3. The molecule has 1 fully saturated rings. The second-order valence-electron chi connectivity index (χ2n) is 5.50. The molecule has 1 heterocycles. The van der Waals surface area contributed by atoms with Crippen molar-refractivity contribution in [3.8, 4) is 0 Å². The van der Waals surface area contributed by atoms with E-state index in [9.17, 15) is 9.59 Å². The summed E-state index contributed by atoms with van der Waals surface area (Å²) in [6, 6.07) is 6.76. The number of hydrogen-bond donors (Lipinski definition) is 2. The molecule has 0 saturated heterocycles. The van der Waals surface area contributed by atoms with Crippen molar-refractivity contribution in [2.75, 3.05) is 25.6 Å². The number of rotatable bonds is 7. The molecule has 126 valence electrons. The molecular formula is C16H18N4O3S. The maximum atomic E-state index is 12.2. The summed E-state index contributed by atoms with van der Waals surface area (Å²) in [5.74, 6) is -0.0467. The molecule has 2 amide bonds. The third kappa shape index (κ3) is 4.15. The molecular weight excluding hydrogens is 328 g/mol. The normalized spacial score (nSPS) is 13.5. The highest BCUT2D eigenvalue weighted by atomic mass is 32.1. The minimum Gasteiger partial charge on any atom is -0.383 e. The molecule has 1 aromatic carbocycles. The van der Waals surface area contributed by atoms with E-state index in [0.29, 0.717) is 35.3 Å². The first kappa shape index (κ1) is 16.5. The Hall–Kier alpha value is -2.32. The first-order chi connectivity index (χ1) is 11.7. The van der Waals surface area contributed by atoms with Gasteiger partial charge in [-0.05, 0) is 31.0 Å². The molecule has 2 aromatic rings. The number of nitrogens with one attached hydrogen (secondary N) is 2. The van der Waals surface area contributed by atoms with Gasteiger partial charge in [0.05, 0.1) is 6.61 Å². The van der Waals surface area contributed by atoms with Crippen LogP contribution in [0, 0.1) is 0 Å². The standard InChI is InChI=1S/C16H18N4O3S/c1-23-8-7-17-13(21)11-3-2-4-12(9-11)18-14(22)16-20-19-15(24-16)10-5-6-10/h2-4,9-10H,5-8H2,1H3,(H,17,21)(H,18,22). The van der Waals surface area contributed by atoms with Crippen molar-refractivity contribution in [2.45, 2.75) is 18.8 Å². The Kier molecular flexibility index (Phi) is 5.17. The van der Waals surface area contributed by atoms with Crippen LogP contribution in [-0.2, 0) is 4.74 Å². The average Bonchev–Trinajstić information content (AvgIpc) is 3.32. The van der Waals surface area contributed by atoms with Crippen LogP contribution in [0.15, 0.2) is 24.3 Å². The second kappa shape index (κ2) is 7.50. The van der Waals surface area contributed by atoms with Crippen LogP contribution in [0.1, 0.15) is 43.9 Å². The Balaban J connectivity index is 1.62. The molecule has 2 N–H and O–H groups in total. The van der Waals surface area contributed by atoms with Crippen molar-refractivity contribution >= 4 is 28.8 Å². The lowest BCUT2D eigenvalue weighted by Gasteiger charge is -2.07. The van der Waals surface area contributed by atoms with Gasteiger partial charge in [-0.15, -0.1) is 10.2 Å². The Morgan fingerprint density at radius 2 is 2.12 bits per heavy atom. The molecule has 7 nitrogen and oxygen atoms in total. The van der Waals surface area contributed by atoms with E-state index in [0.717, 1.165) is 17.8 Å². The van der Waals surface area contributed by atoms with Gasteiger partial charge in [-0.25, -0.2) is 0 Å². The summed E-state index contributed by atoms with van der Waals surface area (Å²) < 4.78 is 4.89. The van der Waals surface area contributed by atoms with Crippen molar-refractivity contribution in [3.05, 3.63) is 39.8 Å². The summed E-state index contributed by atoms with van der Waals surface area (Å²) in [5.41, 5.74) is 1.02. The number of anilines is 1. The van der Waals surface area contributed by atoms with Crippen molar-refractivity contribution in [3.63, 3.8) is 0 Å². The molecule has 1 aliphatic carbocycles. The highest BCUT2D eigenvalue weighted by molar-refractivity contribution is 7.13. The van der Waals surface area contributed by atoms with E-state index in [4.69, 9.17) is 4.74 Å². The zero-order valence-electron chi connectivity index (χ0n) is 13.2. The van der Waals surface area contributed by atoms with Crippen LogP contribution < -0.4 is 10.6 Å². The molecule has 1 aromatic heterocycles. The smallest absolute Gasteiger partial charge is 0.286 e. The molecule has 0 aliphatic heterocycles. The van der Waals surface area contributed by atoms with Gasteiger partial charge >= 0.3 is 0 Å². The summed E-state index contributed by atoms with van der Waals surface area (Å²) >= 11 is 1.33. The van der Waals surface area contributed by atoms with E-state index in [-0.39, 0.29) is 11.8 Å². The number of benzene rings is 1. The van der Waals surface area contributed by atoms with Crippen LogP contribution in [0.2, 0.25) is 0 Å². The van der Waals surface area contributed by atoms with Gasteiger partial charge in [0.15, 0.2) is 0 Å². The first-order valence-electron chi connectivity index (χ1n) is 7.69. The lowest BCUT2D eigenvalue weighted by Crippen LogP contribution is -2.27. The number of carbonyl (C=O) groups is 2. The number of methoxy groups -OCH3 is 1. The van der Waals surface area contributed by atoms with Crippen molar-refractivity contribution < 1.29 is 14.3 Å². The van der Waals surface area contributed by atoms with Crippen LogP contribution in [-0.4, -0.2) is 42.3 Å². The molecule has 0 bridgehead atoms. The van der Waals surface area contributed by atoms with Gasteiger partial charge in [-0.3, -0.25) is 9.59 Å². The topological polar surface area (TPSA) is 93.2 Å². The fourth-order valence-corrected chi connectivity index (χ4v) is 3.02. The number of carbonyl (C=O) groups excluding carboxylic acids is 2. The van der Waals surface area contributed by atoms with Crippen molar-refractivity contribution in [1.82, 2.24) is 15.5 Å². The van der Waals surface area contributed by atoms with Gasteiger partial charge in [-0.2, -0.15) is 0 Å². The fraction of sp³-hybridized carbons (Fsp3) is 0.375. The van der Waals surface area contributed by atoms with Crippen LogP contribution in [0.3, 0.4) is 0 Å². The third-order valence-corrected chi connectivity index (χ3v) is 4.62. The van der Waals surface area contributed by atoms with E-state index >= 15 is 0 Å². The number of hydrogen-bond acceptors (Lipinski definition) is 6. The highest BCUT2D eigenvalue weighted by Gasteiger charge is 2.28. The minimum absolute atomic E-state index is 0.213. The van der Waals surface area contributed by atoms with Crippen LogP contribution in [0.4, 0.5) is 5.69 Å². The summed E-state index contributed by atoms with van der Waals surface area (Å²) in [6.45, 7) is 0.878. The van der Waals surface area contributed by atoms with Gasteiger partial charge in [0.2, 0.25) is 5.01 Å². The highest BCUT2D eigenvalue weighted by Crippen LogP contribution is 2.41. The third-order valence-electron chi connectivity index (χ3n) is 3.54. The van der Waals surface area contributed by atoms with Crippen molar-refractivity contribution in [1.29, 1.82) is 0 Å². The lowest BCUT2D eigenvalue weighted by molar-refractivity contribution is 0.0936. The largest absolute Gasteiger partial charge is 0.383 e. The molecule has 0 unspecified atom stereocenters. The monoisotopic (exact) mass is 346 g/mol. The summed E-state index contributed by atoms with van der Waals surface area (Å²) in [7, 11) is 1.57. The molecule has 0 atom stereocenters. The van der Waals surface area contributed by atoms with Gasteiger partial charge in [-0.1, -0.05) is 17.4 Å². The van der Waals surface area contributed by atoms with Gasteiger partial charge in [0.1, 0.15) is 5.01 Å². The first-order valence-corrected chi connectivity index (χ1v) is 8.51. The Labute approximate surface area is 143 Å². The van der Waals surface area contributed by atoms with E-state index in [1.165, 1.54) is 11.3 Å². The van der Waals surface area contributed by atoms with E-state index in [1.807, 2.05) is 0 Å². The second-order valence-corrected chi connectivity index (χ2v) is 6.51. The summed E-state index contributed by atoms with van der Waals surface area (Å²) in [6.07, 6.45) is 2.24. The SMILES string of the molecule is COCCNC(=O)c1cccc(NC(=O)c2nnc(C3CC3)s2)c1. The van der Waals surface area contributed by atoms with E-state index < -0.39 is 0 Å². The summed E-state index contributed by atoms with van der Waals surface area (Å²) in [5, 5.41) is 14.8.